The normalized spacial score (nSPS) is 18.1. The van der Waals surface area contributed by atoms with Crippen LogP contribution in [0.5, 0.6) is 5.75 Å². The highest BCUT2D eigenvalue weighted by Crippen LogP contribution is 2.44. The first kappa shape index (κ1) is 14.3. The van der Waals surface area contributed by atoms with E-state index in [1.807, 2.05) is 42.5 Å². The Morgan fingerprint density at radius 1 is 1.19 bits per heavy atom. The van der Waals surface area contributed by atoms with Gasteiger partial charge in [-0.05, 0) is 29.8 Å². The summed E-state index contributed by atoms with van der Waals surface area (Å²) in [5.74, 6) is 1.34. The van der Waals surface area contributed by atoms with E-state index in [1.165, 1.54) is 0 Å². The first-order valence-corrected chi connectivity index (χ1v) is 7.95. The highest BCUT2D eigenvalue weighted by Gasteiger charge is 2.34. The lowest BCUT2D eigenvalue weighted by Crippen LogP contribution is -2.28. The van der Waals surface area contributed by atoms with Crippen LogP contribution < -0.4 is 9.64 Å². The summed E-state index contributed by atoms with van der Waals surface area (Å²) in [4.78, 5) is 14.0. The third kappa shape index (κ3) is 2.74. The van der Waals surface area contributed by atoms with Gasteiger partial charge in [-0.1, -0.05) is 35.9 Å². The van der Waals surface area contributed by atoms with Gasteiger partial charge >= 0.3 is 0 Å². The van der Waals surface area contributed by atoms with E-state index in [0.29, 0.717) is 10.8 Å². The second-order valence-electron chi connectivity index (χ2n) is 4.65. The fraction of sp³-hybridized carbons (Fsp3) is 0.188. The summed E-state index contributed by atoms with van der Waals surface area (Å²) in [5, 5.41) is 0.537. The molecule has 0 N–H and O–H groups in total. The topological polar surface area (TPSA) is 29.5 Å². The molecule has 1 unspecified atom stereocenters. The van der Waals surface area contributed by atoms with Crippen molar-refractivity contribution in [3.8, 4) is 5.75 Å². The molecule has 1 heterocycles. The number of amides is 1. The van der Waals surface area contributed by atoms with Crippen LogP contribution in [0, 0.1) is 0 Å². The van der Waals surface area contributed by atoms with Gasteiger partial charge in [0.1, 0.15) is 11.1 Å². The lowest BCUT2D eigenvalue weighted by molar-refractivity contribution is -0.115. The summed E-state index contributed by atoms with van der Waals surface area (Å²) >= 11 is 7.85. The van der Waals surface area contributed by atoms with Crippen LogP contribution in [0.25, 0.3) is 0 Å². The molecule has 5 heteroatoms. The maximum absolute atomic E-state index is 12.3. The van der Waals surface area contributed by atoms with Crippen molar-refractivity contribution >= 4 is 35.0 Å². The Labute approximate surface area is 132 Å². The van der Waals surface area contributed by atoms with Crippen molar-refractivity contribution in [2.45, 2.75) is 5.37 Å². The molecule has 0 radical (unpaired) electrons. The lowest BCUT2D eigenvalue weighted by atomic mass is 10.2. The molecule has 1 aliphatic rings. The number of hydrogen-bond donors (Lipinski definition) is 0. The van der Waals surface area contributed by atoms with Crippen molar-refractivity contribution < 1.29 is 9.53 Å². The zero-order valence-corrected chi connectivity index (χ0v) is 13.0. The maximum atomic E-state index is 12.3. The van der Waals surface area contributed by atoms with Crippen LogP contribution in [0.4, 0.5) is 5.69 Å². The summed E-state index contributed by atoms with van der Waals surface area (Å²) in [6, 6.07) is 15.2. The van der Waals surface area contributed by atoms with Gasteiger partial charge in [-0.15, -0.1) is 11.8 Å². The molecule has 0 aromatic heterocycles. The van der Waals surface area contributed by atoms with Crippen molar-refractivity contribution in [3.63, 3.8) is 0 Å². The van der Waals surface area contributed by atoms with Crippen LogP contribution >= 0.6 is 23.4 Å². The Morgan fingerprint density at radius 2 is 1.90 bits per heavy atom. The maximum Gasteiger partial charge on any atom is 0.238 e. The highest BCUT2D eigenvalue weighted by molar-refractivity contribution is 8.00. The number of anilines is 1. The number of carbonyl (C=O) groups is 1. The fourth-order valence-corrected chi connectivity index (χ4v) is 3.74. The van der Waals surface area contributed by atoms with E-state index in [-0.39, 0.29) is 11.3 Å². The van der Waals surface area contributed by atoms with Crippen molar-refractivity contribution in [2.24, 2.45) is 0 Å². The van der Waals surface area contributed by atoms with Crippen LogP contribution in [0.15, 0.2) is 48.5 Å². The summed E-state index contributed by atoms with van der Waals surface area (Å²) in [6.07, 6.45) is 0. The molecule has 0 aliphatic carbocycles. The molecule has 2 aromatic carbocycles. The van der Waals surface area contributed by atoms with E-state index in [0.717, 1.165) is 17.0 Å². The lowest BCUT2D eigenvalue weighted by Gasteiger charge is -2.25. The molecule has 0 spiro atoms. The molecule has 108 valence electrons. The Hall–Kier alpha value is -1.65. The van der Waals surface area contributed by atoms with Crippen LogP contribution in [-0.4, -0.2) is 18.8 Å². The van der Waals surface area contributed by atoms with Crippen LogP contribution in [0.1, 0.15) is 10.9 Å². The third-order valence-electron chi connectivity index (χ3n) is 3.38. The number of thioether (sulfide) groups is 1. The fourth-order valence-electron chi connectivity index (χ4n) is 2.35. The van der Waals surface area contributed by atoms with Crippen molar-refractivity contribution in [1.82, 2.24) is 0 Å². The SMILES string of the molecule is COc1ccc(C2SCC(=O)N2c2ccccc2Cl)cc1. The minimum absolute atomic E-state index is 0.0525. The van der Waals surface area contributed by atoms with Crippen molar-refractivity contribution in [2.75, 3.05) is 17.8 Å². The molecular weight excluding hydrogens is 306 g/mol. The van der Waals surface area contributed by atoms with Crippen molar-refractivity contribution in [1.29, 1.82) is 0 Å². The number of rotatable bonds is 3. The number of carbonyl (C=O) groups excluding carboxylic acids is 1. The van der Waals surface area contributed by atoms with Gasteiger partial charge in [0, 0.05) is 0 Å². The van der Waals surface area contributed by atoms with Gasteiger partial charge in [0.05, 0.1) is 23.6 Å². The Bertz CT molecular complexity index is 660. The second-order valence-corrected chi connectivity index (χ2v) is 6.13. The predicted molar refractivity (Wildman–Crippen MR) is 87.1 cm³/mol. The van der Waals surface area contributed by atoms with E-state index in [9.17, 15) is 4.79 Å². The number of methoxy groups -OCH3 is 1. The first-order chi connectivity index (χ1) is 10.2. The van der Waals surface area contributed by atoms with Gasteiger partial charge in [0.2, 0.25) is 5.91 Å². The number of para-hydroxylation sites is 1. The monoisotopic (exact) mass is 319 g/mol. The Morgan fingerprint density at radius 3 is 2.57 bits per heavy atom. The molecule has 0 saturated carbocycles. The molecule has 1 saturated heterocycles. The zero-order valence-electron chi connectivity index (χ0n) is 11.5. The largest absolute Gasteiger partial charge is 0.497 e. The molecular formula is C16H14ClNO2S. The standard InChI is InChI=1S/C16H14ClNO2S/c1-20-12-8-6-11(7-9-12)16-18(15(19)10-21-16)14-5-3-2-4-13(14)17/h2-9,16H,10H2,1H3. The van der Waals surface area contributed by atoms with Crippen LogP contribution in [0.2, 0.25) is 5.02 Å². The quantitative estimate of drug-likeness (QED) is 0.852. The van der Waals surface area contributed by atoms with E-state index in [1.54, 1.807) is 29.8 Å². The molecule has 1 fully saturated rings. The highest BCUT2D eigenvalue weighted by atomic mass is 35.5. The van der Waals surface area contributed by atoms with E-state index in [2.05, 4.69) is 0 Å². The average Bonchev–Trinajstić information content (AvgIpc) is 2.89. The zero-order chi connectivity index (χ0) is 14.8. The average molecular weight is 320 g/mol. The van der Waals surface area contributed by atoms with Gasteiger partial charge in [-0.25, -0.2) is 0 Å². The predicted octanol–water partition coefficient (Wildman–Crippen LogP) is 4.13. The number of hydrogen-bond acceptors (Lipinski definition) is 3. The van der Waals surface area contributed by atoms with Gasteiger partial charge in [-0.2, -0.15) is 0 Å². The smallest absolute Gasteiger partial charge is 0.238 e. The van der Waals surface area contributed by atoms with Crippen LogP contribution in [-0.2, 0) is 4.79 Å². The summed E-state index contributed by atoms with van der Waals surface area (Å²) in [7, 11) is 1.64. The molecule has 1 atom stereocenters. The summed E-state index contributed by atoms with van der Waals surface area (Å²) < 4.78 is 5.18. The number of benzene rings is 2. The molecule has 3 nitrogen and oxygen atoms in total. The first-order valence-electron chi connectivity index (χ1n) is 6.53. The van der Waals surface area contributed by atoms with E-state index in [4.69, 9.17) is 16.3 Å². The summed E-state index contributed by atoms with van der Waals surface area (Å²) in [6.45, 7) is 0. The Balaban J connectivity index is 1.97. The van der Waals surface area contributed by atoms with E-state index >= 15 is 0 Å². The van der Waals surface area contributed by atoms with Crippen molar-refractivity contribution in [3.05, 3.63) is 59.1 Å². The Kier molecular flexibility index (Phi) is 4.08. The van der Waals surface area contributed by atoms with E-state index < -0.39 is 0 Å². The third-order valence-corrected chi connectivity index (χ3v) is 4.91. The van der Waals surface area contributed by atoms with Crippen LogP contribution in [0.3, 0.4) is 0 Å². The number of ether oxygens (including phenoxy) is 1. The van der Waals surface area contributed by atoms with Gasteiger partial charge in [0.15, 0.2) is 0 Å². The van der Waals surface area contributed by atoms with Gasteiger partial charge < -0.3 is 4.74 Å². The second kappa shape index (κ2) is 6.00. The number of halogens is 1. The molecule has 1 amide bonds. The minimum Gasteiger partial charge on any atom is -0.497 e. The molecule has 0 bridgehead atoms. The molecule has 1 aliphatic heterocycles. The van der Waals surface area contributed by atoms with Gasteiger partial charge in [0.25, 0.3) is 0 Å². The number of nitrogens with zero attached hydrogens (tertiary/aromatic N) is 1. The molecule has 21 heavy (non-hydrogen) atoms. The molecule has 3 rings (SSSR count). The molecule has 2 aromatic rings. The summed E-state index contributed by atoms with van der Waals surface area (Å²) in [5.41, 5.74) is 1.82. The minimum atomic E-state index is -0.0525. The van der Waals surface area contributed by atoms with Gasteiger partial charge in [-0.3, -0.25) is 9.69 Å².